The van der Waals surface area contributed by atoms with Crippen molar-refractivity contribution in [3.8, 4) is 0 Å². The standard InChI is InChI=1S/C21H18ClF3N2O3/c1-27(2)16(12-4-3-5-13(8-12)21(23,24)25)11-26-20(29)19-10-17(28)15-9-14(22)6-7-18(15)30-19/h3-10,16H,11H2,1-2H3,(H,26,29). The zero-order chi connectivity index (χ0) is 22.1. The minimum atomic E-state index is -4.46. The molecule has 0 aliphatic heterocycles. The van der Waals surface area contributed by atoms with Gasteiger partial charge < -0.3 is 14.6 Å². The predicted octanol–water partition coefficient (Wildman–Crippen LogP) is 4.50. The van der Waals surface area contributed by atoms with E-state index in [-0.39, 0.29) is 23.3 Å². The summed E-state index contributed by atoms with van der Waals surface area (Å²) in [5.74, 6) is -0.848. The molecule has 0 saturated carbocycles. The number of carbonyl (C=O) groups is 1. The number of benzene rings is 2. The summed E-state index contributed by atoms with van der Waals surface area (Å²) in [5.41, 5.74) is -0.591. The highest BCUT2D eigenvalue weighted by molar-refractivity contribution is 6.31. The molecular formula is C21H18ClF3N2O3. The lowest BCUT2D eigenvalue weighted by atomic mass is 10.0. The van der Waals surface area contributed by atoms with Crippen LogP contribution in [-0.2, 0) is 6.18 Å². The van der Waals surface area contributed by atoms with E-state index < -0.39 is 29.1 Å². The summed E-state index contributed by atoms with van der Waals surface area (Å²) in [6.07, 6.45) is -4.46. The van der Waals surface area contributed by atoms with Crippen LogP contribution >= 0.6 is 11.6 Å². The van der Waals surface area contributed by atoms with Crippen LogP contribution in [0.4, 0.5) is 13.2 Å². The highest BCUT2D eigenvalue weighted by Gasteiger charge is 2.31. The third-order valence-electron chi connectivity index (χ3n) is 4.59. The fourth-order valence-electron chi connectivity index (χ4n) is 3.04. The summed E-state index contributed by atoms with van der Waals surface area (Å²) in [7, 11) is 3.38. The molecule has 1 N–H and O–H groups in total. The van der Waals surface area contributed by atoms with Crippen LogP contribution in [0.3, 0.4) is 0 Å². The maximum atomic E-state index is 13.0. The van der Waals surface area contributed by atoms with Crippen LogP contribution in [-0.4, -0.2) is 31.4 Å². The zero-order valence-electron chi connectivity index (χ0n) is 16.1. The number of fused-ring (bicyclic) bond motifs is 1. The Labute approximate surface area is 175 Å². The Morgan fingerprint density at radius 1 is 1.17 bits per heavy atom. The van der Waals surface area contributed by atoms with Crippen molar-refractivity contribution in [3.05, 3.63) is 80.7 Å². The molecule has 0 saturated heterocycles. The Hall–Kier alpha value is -2.84. The largest absolute Gasteiger partial charge is 0.451 e. The van der Waals surface area contributed by atoms with Crippen molar-refractivity contribution in [2.24, 2.45) is 0 Å². The molecule has 0 aliphatic rings. The fraction of sp³-hybridized carbons (Fsp3) is 0.238. The molecule has 3 aromatic rings. The van der Waals surface area contributed by atoms with E-state index in [9.17, 15) is 22.8 Å². The van der Waals surface area contributed by atoms with E-state index in [0.717, 1.165) is 18.2 Å². The van der Waals surface area contributed by atoms with Gasteiger partial charge >= 0.3 is 6.18 Å². The van der Waals surface area contributed by atoms with Crippen LogP contribution in [0, 0.1) is 0 Å². The highest BCUT2D eigenvalue weighted by Crippen LogP contribution is 2.31. The Bertz CT molecular complexity index is 1140. The van der Waals surface area contributed by atoms with Gasteiger partial charge in [0, 0.05) is 17.6 Å². The summed E-state index contributed by atoms with van der Waals surface area (Å²) < 4.78 is 44.6. The van der Waals surface area contributed by atoms with Gasteiger partial charge in [-0.2, -0.15) is 13.2 Å². The van der Waals surface area contributed by atoms with Crippen LogP contribution in [0.15, 0.2) is 57.7 Å². The molecule has 30 heavy (non-hydrogen) atoms. The number of nitrogens with zero attached hydrogens (tertiary/aromatic N) is 1. The Kier molecular flexibility index (Phi) is 6.19. The van der Waals surface area contributed by atoms with Crippen molar-refractivity contribution >= 4 is 28.5 Å². The summed E-state index contributed by atoms with van der Waals surface area (Å²) in [6, 6.07) is 9.92. The molecule has 1 aromatic heterocycles. The van der Waals surface area contributed by atoms with Gasteiger partial charge in [-0.3, -0.25) is 9.59 Å². The average Bonchev–Trinajstić information content (AvgIpc) is 2.67. The Balaban J connectivity index is 1.82. The van der Waals surface area contributed by atoms with Crippen LogP contribution in [0.1, 0.15) is 27.7 Å². The normalized spacial score (nSPS) is 12.9. The van der Waals surface area contributed by atoms with E-state index in [0.29, 0.717) is 10.6 Å². The van der Waals surface area contributed by atoms with E-state index in [1.54, 1.807) is 25.1 Å². The third kappa shape index (κ3) is 4.83. The van der Waals surface area contributed by atoms with Gasteiger partial charge in [0.05, 0.1) is 17.0 Å². The first kappa shape index (κ1) is 21.9. The van der Waals surface area contributed by atoms with E-state index in [1.165, 1.54) is 24.3 Å². The quantitative estimate of drug-likeness (QED) is 0.637. The second-order valence-corrected chi connectivity index (χ2v) is 7.36. The van der Waals surface area contributed by atoms with Crippen LogP contribution in [0.5, 0.6) is 0 Å². The Morgan fingerprint density at radius 3 is 2.57 bits per heavy atom. The third-order valence-corrected chi connectivity index (χ3v) is 4.83. The van der Waals surface area contributed by atoms with Crippen molar-refractivity contribution in [1.82, 2.24) is 10.2 Å². The monoisotopic (exact) mass is 438 g/mol. The number of rotatable bonds is 5. The van der Waals surface area contributed by atoms with E-state index in [1.807, 2.05) is 0 Å². The first-order chi connectivity index (χ1) is 14.1. The second-order valence-electron chi connectivity index (χ2n) is 6.93. The molecule has 0 spiro atoms. The number of amides is 1. The van der Waals surface area contributed by atoms with Crippen molar-refractivity contribution in [1.29, 1.82) is 0 Å². The van der Waals surface area contributed by atoms with Crippen molar-refractivity contribution < 1.29 is 22.4 Å². The molecule has 9 heteroatoms. The number of likely N-dealkylation sites (N-methyl/N-ethyl adjacent to an activating group) is 1. The maximum absolute atomic E-state index is 13.0. The molecule has 2 aromatic carbocycles. The van der Waals surface area contributed by atoms with Gasteiger partial charge in [-0.15, -0.1) is 0 Å². The molecule has 3 rings (SSSR count). The Morgan fingerprint density at radius 2 is 1.90 bits per heavy atom. The van der Waals surface area contributed by atoms with Gasteiger partial charge in [0.15, 0.2) is 11.2 Å². The predicted molar refractivity (Wildman–Crippen MR) is 108 cm³/mol. The smallest absolute Gasteiger partial charge is 0.416 e. The van der Waals surface area contributed by atoms with Crippen LogP contribution < -0.4 is 10.7 Å². The lowest BCUT2D eigenvalue weighted by molar-refractivity contribution is -0.137. The van der Waals surface area contributed by atoms with E-state index in [4.69, 9.17) is 16.0 Å². The molecule has 1 amide bonds. The SMILES string of the molecule is CN(C)C(CNC(=O)c1cc(=O)c2cc(Cl)ccc2o1)c1cccc(C(F)(F)F)c1. The molecule has 0 radical (unpaired) electrons. The number of hydrogen-bond donors (Lipinski definition) is 1. The molecule has 0 fully saturated rings. The summed E-state index contributed by atoms with van der Waals surface area (Å²) in [4.78, 5) is 26.5. The average molecular weight is 439 g/mol. The van der Waals surface area contributed by atoms with Gasteiger partial charge in [-0.05, 0) is 50.0 Å². The van der Waals surface area contributed by atoms with Crippen molar-refractivity contribution in [2.75, 3.05) is 20.6 Å². The second kappa shape index (κ2) is 8.49. The summed E-state index contributed by atoms with van der Waals surface area (Å²) in [5, 5.41) is 3.23. The lowest BCUT2D eigenvalue weighted by Crippen LogP contribution is -2.35. The van der Waals surface area contributed by atoms with Gasteiger partial charge in [-0.1, -0.05) is 23.7 Å². The molecule has 1 atom stereocenters. The first-order valence-electron chi connectivity index (χ1n) is 8.91. The minimum absolute atomic E-state index is 0.00943. The number of carbonyl (C=O) groups excluding carboxylic acids is 1. The topological polar surface area (TPSA) is 62.6 Å². The van der Waals surface area contributed by atoms with Crippen LogP contribution in [0.2, 0.25) is 5.02 Å². The number of nitrogens with one attached hydrogen (secondary N) is 1. The van der Waals surface area contributed by atoms with Crippen LogP contribution in [0.25, 0.3) is 11.0 Å². The lowest BCUT2D eigenvalue weighted by Gasteiger charge is -2.25. The van der Waals surface area contributed by atoms with Gasteiger partial charge in [-0.25, -0.2) is 0 Å². The fourth-order valence-corrected chi connectivity index (χ4v) is 3.21. The zero-order valence-corrected chi connectivity index (χ0v) is 16.8. The maximum Gasteiger partial charge on any atom is 0.416 e. The molecule has 1 heterocycles. The molecule has 0 bridgehead atoms. The molecule has 5 nitrogen and oxygen atoms in total. The number of hydrogen-bond acceptors (Lipinski definition) is 4. The van der Waals surface area contributed by atoms with E-state index >= 15 is 0 Å². The van der Waals surface area contributed by atoms with Crippen molar-refractivity contribution in [3.63, 3.8) is 0 Å². The van der Waals surface area contributed by atoms with Gasteiger partial charge in [0.25, 0.3) is 5.91 Å². The molecule has 158 valence electrons. The number of alkyl halides is 3. The summed E-state index contributed by atoms with van der Waals surface area (Å²) in [6.45, 7) is 0.00943. The molecular weight excluding hydrogens is 421 g/mol. The first-order valence-corrected chi connectivity index (χ1v) is 9.29. The minimum Gasteiger partial charge on any atom is -0.451 e. The molecule has 0 aliphatic carbocycles. The molecule has 1 unspecified atom stereocenters. The summed E-state index contributed by atoms with van der Waals surface area (Å²) >= 11 is 5.87. The van der Waals surface area contributed by atoms with Gasteiger partial charge in [0.2, 0.25) is 0 Å². The van der Waals surface area contributed by atoms with E-state index in [2.05, 4.69) is 5.32 Å². The highest BCUT2D eigenvalue weighted by atomic mass is 35.5. The number of halogens is 4. The van der Waals surface area contributed by atoms with Gasteiger partial charge in [0.1, 0.15) is 5.58 Å². The van der Waals surface area contributed by atoms with Crippen molar-refractivity contribution in [2.45, 2.75) is 12.2 Å².